The second-order valence-corrected chi connectivity index (χ2v) is 7.59. The van der Waals surface area contributed by atoms with E-state index in [-0.39, 0.29) is 22.6 Å². The molecule has 1 fully saturated rings. The highest BCUT2D eigenvalue weighted by Gasteiger charge is 2.66. The number of benzene rings is 1. The van der Waals surface area contributed by atoms with Gasteiger partial charge in [0.1, 0.15) is 11.6 Å². The molecule has 0 spiro atoms. The number of aromatic nitrogens is 4. The van der Waals surface area contributed by atoms with Crippen molar-refractivity contribution in [2.45, 2.75) is 38.0 Å². The van der Waals surface area contributed by atoms with Gasteiger partial charge >= 0.3 is 0 Å². The molecule has 0 N–H and O–H groups in total. The van der Waals surface area contributed by atoms with Crippen molar-refractivity contribution in [2.24, 2.45) is 5.41 Å². The molecule has 0 amide bonds. The monoisotopic (exact) mass is 354 g/mol. The first-order chi connectivity index (χ1) is 12.5. The normalized spacial score (nSPS) is 25.5. The Balaban J connectivity index is 1.74. The van der Waals surface area contributed by atoms with Gasteiger partial charge in [-0.1, -0.05) is 19.9 Å². The lowest BCUT2D eigenvalue weighted by molar-refractivity contribution is 0.206. The fraction of sp³-hybridized carbons (Fsp3) is 0.368. The highest BCUT2D eigenvalue weighted by atomic mass is 19.1. The zero-order valence-corrected chi connectivity index (χ0v) is 14.3. The Morgan fingerprint density at radius 1 is 1.12 bits per heavy atom. The summed E-state index contributed by atoms with van der Waals surface area (Å²) in [7, 11) is 0. The van der Waals surface area contributed by atoms with Gasteiger partial charge in [0.15, 0.2) is 0 Å². The molecule has 2 heterocycles. The highest BCUT2D eigenvalue weighted by Crippen LogP contribution is 2.69. The molecular formula is C19H16F2N4O. The minimum Gasteiger partial charge on any atom is -0.427 e. The van der Waals surface area contributed by atoms with Crippen LogP contribution in [0.2, 0.25) is 0 Å². The number of nitrogens with zero attached hydrogens (tertiary/aromatic N) is 4. The third-order valence-electron chi connectivity index (χ3n) is 6.33. The summed E-state index contributed by atoms with van der Waals surface area (Å²) in [6.07, 6.45) is 3.08. The Morgan fingerprint density at radius 3 is 2.58 bits per heavy atom. The van der Waals surface area contributed by atoms with E-state index in [1.54, 1.807) is 6.07 Å². The molecule has 3 aromatic rings. The highest BCUT2D eigenvalue weighted by molar-refractivity contribution is 5.63. The van der Waals surface area contributed by atoms with Crippen LogP contribution in [0.25, 0.3) is 11.3 Å². The molecule has 1 saturated carbocycles. The molecule has 2 bridgehead atoms. The Bertz CT molecular complexity index is 998. The lowest BCUT2D eigenvalue weighted by atomic mass is 9.68. The molecule has 2 atom stereocenters. The molecule has 2 aliphatic carbocycles. The van der Waals surface area contributed by atoms with Crippen LogP contribution >= 0.6 is 0 Å². The van der Waals surface area contributed by atoms with Crippen LogP contribution in [0.4, 0.5) is 8.78 Å². The van der Waals surface area contributed by atoms with Gasteiger partial charge in [-0.25, -0.2) is 8.78 Å². The zero-order valence-electron chi connectivity index (χ0n) is 14.3. The molecule has 1 aromatic carbocycles. The molecule has 0 radical (unpaired) electrons. The van der Waals surface area contributed by atoms with Gasteiger partial charge in [-0.2, -0.15) is 5.10 Å². The first-order valence-corrected chi connectivity index (χ1v) is 8.56. The quantitative estimate of drug-likeness (QED) is 0.696. The third-order valence-corrected chi connectivity index (χ3v) is 6.33. The maximum absolute atomic E-state index is 14.2. The zero-order chi connectivity index (χ0) is 18.1. The number of hydrogen-bond acceptors (Lipinski definition) is 5. The van der Waals surface area contributed by atoms with Crippen molar-refractivity contribution in [1.29, 1.82) is 0 Å². The predicted octanol–water partition coefficient (Wildman–Crippen LogP) is 4.01. The molecule has 0 saturated heterocycles. The van der Waals surface area contributed by atoms with Crippen LogP contribution in [0, 0.1) is 17.0 Å². The van der Waals surface area contributed by atoms with Crippen LogP contribution in [0.1, 0.15) is 49.8 Å². The summed E-state index contributed by atoms with van der Waals surface area (Å²) in [5.41, 5.74) is 1.10. The molecule has 7 heteroatoms. The van der Waals surface area contributed by atoms with Gasteiger partial charge in [-0.05, 0) is 47.9 Å². The third kappa shape index (κ3) is 1.68. The first-order valence-electron chi connectivity index (χ1n) is 8.56. The summed E-state index contributed by atoms with van der Waals surface area (Å²) in [5, 5.41) is 16.6. The van der Waals surface area contributed by atoms with E-state index in [2.05, 4.69) is 34.2 Å². The van der Waals surface area contributed by atoms with Gasteiger partial charge in [0.25, 0.3) is 0 Å². The summed E-state index contributed by atoms with van der Waals surface area (Å²) >= 11 is 0. The average Bonchev–Trinajstić information content (AvgIpc) is 3.26. The van der Waals surface area contributed by atoms with Gasteiger partial charge in [-0.15, -0.1) is 15.3 Å². The second-order valence-electron chi connectivity index (χ2n) is 7.59. The Hall–Kier alpha value is -2.70. The molecular weight excluding hydrogens is 338 g/mol. The van der Waals surface area contributed by atoms with Crippen molar-refractivity contribution in [1.82, 2.24) is 20.4 Å². The van der Waals surface area contributed by atoms with Gasteiger partial charge < -0.3 is 4.42 Å². The van der Waals surface area contributed by atoms with Crippen LogP contribution in [-0.2, 0) is 5.41 Å². The van der Waals surface area contributed by atoms with Crippen molar-refractivity contribution >= 4 is 0 Å². The lowest BCUT2D eigenvalue weighted by Gasteiger charge is -2.34. The largest absolute Gasteiger partial charge is 0.427 e. The number of halogens is 2. The van der Waals surface area contributed by atoms with E-state index in [0.717, 1.165) is 24.1 Å². The molecule has 132 valence electrons. The summed E-state index contributed by atoms with van der Waals surface area (Å²) in [4.78, 5) is 0. The van der Waals surface area contributed by atoms with Gasteiger partial charge in [0.05, 0.1) is 22.4 Å². The Morgan fingerprint density at radius 2 is 1.88 bits per heavy atom. The van der Waals surface area contributed by atoms with E-state index >= 15 is 0 Å². The van der Waals surface area contributed by atoms with Crippen molar-refractivity contribution in [3.05, 3.63) is 59.4 Å². The van der Waals surface area contributed by atoms with E-state index in [4.69, 9.17) is 4.42 Å². The Labute approximate surface area is 148 Å². The fourth-order valence-corrected chi connectivity index (χ4v) is 5.02. The summed E-state index contributed by atoms with van der Waals surface area (Å²) < 4.78 is 33.9. The maximum Gasteiger partial charge on any atom is 0.228 e. The lowest BCUT2D eigenvalue weighted by Crippen LogP contribution is -2.37. The molecule has 26 heavy (non-hydrogen) atoms. The topological polar surface area (TPSA) is 64.7 Å². The smallest absolute Gasteiger partial charge is 0.228 e. The van der Waals surface area contributed by atoms with E-state index in [1.165, 1.54) is 24.6 Å². The van der Waals surface area contributed by atoms with E-state index in [1.807, 2.05) is 0 Å². The fourth-order valence-electron chi connectivity index (χ4n) is 5.02. The van der Waals surface area contributed by atoms with Gasteiger partial charge in [-0.3, -0.25) is 0 Å². The van der Waals surface area contributed by atoms with Crippen molar-refractivity contribution in [3.8, 4) is 11.3 Å². The first kappa shape index (κ1) is 15.5. The summed E-state index contributed by atoms with van der Waals surface area (Å²) in [6.45, 7) is 4.31. The summed E-state index contributed by atoms with van der Waals surface area (Å²) in [6, 6.07) is 5.56. The van der Waals surface area contributed by atoms with Crippen LogP contribution in [0.5, 0.6) is 0 Å². The molecule has 5 nitrogen and oxygen atoms in total. The Kier molecular flexibility index (Phi) is 2.95. The average molecular weight is 354 g/mol. The molecule has 5 rings (SSSR count). The van der Waals surface area contributed by atoms with Gasteiger partial charge in [0, 0.05) is 0 Å². The predicted molar refractivity (Wildman–Crippen MR) is 88.2 cm³/mol. The molecule has 2 aliphatic rings. The van der Waals surface area contributed by atoms with Gasteiger partial charge in [0.2, 0.25) is 12.3 Å². The molecule has 0 aliphatic heterocycles. The van der Waals surface area contributed by atoms with Crippen molar-refractivity contribution in [3.63, 3.8) is 0 Å². The van der Waals surface area contributed by atoms with Crippen molar-refractivity contribution in [2.75, 3.05) is 0 Å². The van der Waals surface area contributed by atoms with Crippen LogP contribution in [0.15, 0.2) is 35.1 Å². The minimum atomic E-state index is -0.645. The summed E-state index contributed by atoms with van der Waals surface area (Å²) in [5.74, 6) is -0.571. The SMILES string of the molecule is CC1(C)C2CCC1(c1nnco1)c1nnc(-c3c(F)cccc3F)cc12. The standard InChI is InChI=1S/C19H16F2N4O/c1-18(2)11-6-7-19(18,17-25-22-9-26-17)16-10(11)8-14(23-24-16)15-12(20)4-3-5-13(15)21/h3-5,8-9,11H,6-7H2,1-2H3. The van der Waals surface area contributed by atoms with Crippen LogP contribution < -0.4 is 0 Å². The minimum absolute atomic E-state index is 0.143. The molecule has 2 aromatic heterocycles. The van der Waals surface area contributed by atoms with E-state index in [0.29, 0.717) is 5.89 Å². The second kappa shape index (κ2) is 4.93. The maximum atomic E-state index is 14.2. The van der Waals surface area contributed by atoms with E-state index in [9.17, 15) is 8.78 Å². The molecule has 2 unspecified atom stereocenters. The van der Waals surface area contributed by atoms with Crippen LogP contribution in [0.3, 0.4) is 0 Å². The van der Waals surface area contributed by atoms with Crippen molar-refractivity contribution < 1.29 is 13.2 Å². The van der Waals surface area contributed by atoms with E-state index < -0.39 is 17.0 Å². The van der Waals surface area contributed by atoms with Crippen LogP contribution in [-0.4, -0.2) is 20.4 Å². The number of hydrogen-bond donors (Lipinski definition) is 0. The number of rotatable bonds is 2. The number of fused-ring (bicyclic) bond motifs is 5.